The molecule has 0 bridgehead atoms. The maximum atomic E-state index is 5.76. The molecule has 1 aromatic carbocycles. The molecule has 0 heterocycles. The molecule has 1 aromatic rings. The second-order valence-electron chi connectivity index (χ2n) is 4.19. The molecule has 1 unspecified atom stereocenters. The van der Waals surface area contributed by atoms with E-state index in [1.165, 1.54) is 5.56 Å². The van der Waals surface area contributed by atoms with Gasteiger partial charge in [-0.1, -0.05) is 26.0 Å². The second-order valence-corrected chi connectivity index (χ2v) is 4.60. The monoisotopic (exact) mass is 224 g/mol. The van der Waals surface area contributed by atoms with Gasteiger partial charge in [0.25, 0.3) is 0 Å². The molecule has 0 amide bonds. The van der Waals surface area contributed by atoms with Gasteiger partial charge in [0.2, 0.25) is 0 Å². The number of hydrogen-bond acceptors (Lipinski definition) is 2. The molecule has 0 aliphatic carbocycles. The predicted octanol–water partition coefficient (Wildman–Crippen LogP) is 1.86. The molecule has 1 rings (SSSR count). The average Bonchev–Trinajstić information content (AvgIpc) is 2.28. The minimum atomic E-state index is -0.168. The Hall–Kier alpha value is -0.803. The molecular weight excluding hydrogens is 204 g/mol. The fourth-order valence-corrected chi connectivity index (χ4v) is 2.32. The highest BCUT2D eigenvalue weighted by atomic mass is 28.2. The summed E-state index contributed by atoms with van der Waals surface area (Å²) < 4.78 is 10.9. The molecule has 0 N–H and O–H groups in total. The van der Waals surface area contributed by atoms with E-state index in [9.17, 15) is 0 Å². The SMILES string of the molecule is COc1ccc(C(C)(O[SiH3])C(C)C)cc1. The van der Waals surface area contributed by atoms with Crippen LogP contribution in [0.25, 0.3) is 0 Å². The molecule has 2 nitrogen and oxygen atoms in total. The number of benzene rings is 1. The number of hydrogen-bond donors (Lipinski definition) is 0. The first-order chi connectivity index (χ1) is 7.04. The van der Waals surface area contributed by atoms with Gasteiger partial charge in [-0.2, -0.15) is 0 Å². The fraction of sp³-hybridized carbons (Fsp3) is 0.500. The molecule has 0 saturated heterocycles. The Morgan fingerprint density at radius 1 is 1.20 bits per heavy atom. The maximum absolute atomic E-state index is 5.76. The molecule has 0 aliphatic rings. The molecule has 0 aliphatic heterocycles. The van der Waals surface area contributed by atoms with Crippen LogP contribution < -0.4 is 4.74 Å². The van der Waals surface area contributed by atoms with E-state index in [1.54, 1.807) is 7.11 Å². The van der Waals surface area contributed by atoms with Crippen LogP contribution >= 0.6 is 0 Å². The van der Waals surface area contributed by atoms with E-state index in [0.717, 1.165) is 16.2 Å². The van der Waals surface area contributed by atoms with Crippen molar-refractivity contribution in [2.45, 2.75) is 26.4 Å². The second kappa shape index (κ2) is 4.81. The Balaban J connectivity index is 3.03. The van der Waals surface area contributed by atoms with E-state index in [-0.39, 0.29) is 5.60 Å². The van der Waals surface area contributed by atoms with Crippen LogP contribution in [0.2, 0.25) is 0 Å². The Bertz CT molecular complexity index is 308. The lowest BCUT2D eigenvalue weighted by atomic mass is 9.85. The summed E-state index contributed by atoms with van der Waals surface area (Å²) in [6.07, 6.45) is 0. The smallest absolute Gasteiger partial charge is 0.147 e. The van der Waals surface area contributed by atoms with Gasteiger partial charge >= 0.3 is 0 Å². The molecule has 0 radical (unpaired) electrons. The van der Waals surface area contributed by atoms with Crippen molar-refractivity contribution in [3.63, 3.8) is 0 Å². The van der Waals surface area contributed by atoms with Crippen LogP contribution in [0.3, 0.4) is 0 Å². The van der Waals surface area contributed by atoms with Gasteiger partial charge in [-0.25, -0.2) is 0 Å². The lowest BCUT2D eigenvalue weighted by Crippen LogP contribution is -2.31. The summed E-state index contributed by atoms with van der Waals surface area (Å²) in [4.78, 5) is 0. The van der Waals surface area contributed by atoms with Crippen LogP contribution in [0.4, 0.5) is 0 Å². The molecular formula is C12H20O2Si. The summed E-state index contributed by atoms with van der Waals surface area (Å²) in [5, 5.41) is 0. The van der Waals surface area contributed by atoms with Gasteiger partial charge in [0.15, 0.2) is 0 Å². The van der Waals surface area contributed by atoms with E-state index >= 15 is 0 Å². The standard InChI is InChI=1S/C12H20O2Si/c1-9(2)12(3,14-15)10-5-7-11(13-4)8-6-10/h5-9H,1-4,15H3. The molecule has 0 saturated carbocycles. The van der Waals surface area contributed by atoms with Crippen LogP contribution in [-0.2, 0) is 10.0 Å². The Morgan fingerprint density at radius 2 is 1.73 bits per heavy atom. The van der Waals surface area contributed by atoms with Crippen molar-refractivity contribution in [2.75, 3.05) is 7.11 Å². The highest BCUT2D eigenvalue weighted by Crippen LogP contribution is 2.33. The van der Waals surface area contributed by atoms with Gasteiger partial charge < -0.3 is 9.16 Å². The predicted molar refractivity (Wildman–Crippen MR) is 66.2 cm³/mol. The Labute approximate surface area is 95.1 Å². The highest BCUT2D eigenvalue weighted by Gasteiger charge is 2.29. The van der Waals surface area contributed by atoms with Crippen molar-refractivity contribution in [2.24, 2.45) is 5.92 Å². The third-order valence-electron chi connectivity index (χ3n) is 3.19. The quantitative estimate of drug-likeness (QED) is 0.727. The summed E-state index contributed by atoms with van der Waals surface area (Å²) >= 11 is 0. The molecule has 3 heteroatoms. The zero-order chi connectivity index (χ0) is 11.5. The van der Waals surface area contributed by atoms with Crippen molar-refractivity contribution in [1.29, 1.82) is 0 Å². The fourth-order valence-electron chi connectivity index (χ4n) is 1.61. The van der Waals surface area contributed by atoms with E-state index in [1.807, 2.05) is 12.1 Å². The first kappa shape index (κ1) is 12.3. The van der Waals surface area contributed by atoms with Crippen molar-refractivity contribution in [1.82, 2.24) is 0 Å². The third kappa shape index (κ3) is 2.41. The van der Waals surface area contributed by atoms with E-state index < -0.39 is 0 Å². The summed E-state index contributed by atoms with van der Waals surface area (Å²) in [5.74, 6) is 1.35. The topological polar surface area (TPSA) is 18.5 Å². The maximum Gasteiger partial charge on any atom is 0.147 e. The van der Waals surface area contributed by atoms with Gasteiger partial charge in [0, 0.05) is 0 Å². The van der Waals surface area contributed by atoms with Crippen molar-refractivity contribution in [3.05, 3.63) is 29.8 Å². The van der Waals surface area contributed by atoms with Crippen molar-refractivity contribution in [3.8, 4) is 5.75 Å². The molecule has 15 heavy (non-hydrogen) atoms. The van der Waals surface area contributed by atoms with Crippen molar-refractivity contribution < 1.29 is 9.16 Å². The number of ether oxygens (including phenoxy) is 1. The van der Waals surface area contributed by atoms with Crippen LogP contribution in [0.1, 0.15) is 26.3 Å². The molecule has 0 fully saturated rings. The largest absolute Gasteiger partial charge is 0.497 e. The minimum Gasteiger partial charge on any atom is -0.497 e. The summed E-state index contributed by atoms with van der Waals surface area (Å²) in [6, 6.07) is 8.13. The lowest BCUT2D eigenvalue weighted by molar-refractivity contribution is 0.0469. The average molecular weight is 224 g/mol. The Morgan fingerprint density at radius 3 is 2.07 bits per heavy atom. The van der Waals surface area contributed by atoms with Gasteiger partial charge in [0.1, 0.15) is 16.2 Å². The molecule has 1 atom stereocenters. The normalized spacial score (nSPS) is 15.3. The van der Waals surface area contributed by atoms with Crippen LogP contribution in [0.15, 0.2) is 24.3 Å². The zero-order valence-electron chi connectivity index (χ0n) is 10.2. The number of rotatable bonds is 4. The molecule has 0 aromatic heterocycles. The van der Waals surface area contributed by atoms with Crippen LogP contribution in [0, 0.1) is 5.92 Å². The highest BCUT2D eigenvalue weighted by molar-refractivity contribution is 5.98. The minimum absolute atomic E-state index is 0.168. The zero-order valence-corrected chi connectivity index (χ0v) is 12.2. The van der Waals surface area contributed by atoms with Gasteiger partial charge in [-0.05, 0) is 30.5 Å². The van der Waals surface area contributed by atoms with Gasteiger partial charge in [0.05, 0.1) is 12.7 Å². The van der Waals surface area contributed by atoms with E-state index in [4.69, 9.17) is 9.16 Å². The summed E-state index contributed by atoms with van der Waals surface area (Å²) in [6.45, 7) is 6.51. The van der Waals surface area contributed by atoms with Gasteiger partial charge in [-0.15, -0.1) is 0 Å². The third-order valence-corrected chi connectivity index (χ3v) is 4.04. The summed E-state index contributed by atoms with van der Waals surface area (Å²) in [7, 11) is 2.43. The molecule has 0 spiro atoms. The first-order valence-electron chi connectivity index (χ1n) is 5.24. The summed E-state index contributed by atoms with van der Waals surface area (Å²) in [5.41, 5.74) is 1.05. The number of methoxy groups -OCH3 is 1. The lowest BCUT2D eigenvalue weighted by Gasteiger charge is -2.33. The Kier molecular flexibility index (Phi) is 3.94. The molecule has 84 valence electrons. The van der Waals surface area contributed by atoms with Crippen LogP contribution in [0.5, 0.6) is 5.75 Å². The van der Waals surface area contributed by atoms with Gasteiger partial charge in [-0.3, -0.25) is 0 Å². The van der Waals surface area contributed by atoms with Crippen molar-refractivity contribution >= 4 is 10.5 Å². The van der Waals surface area contributed by atoms with Crippen LogP contribution in [-0.4, -0.2) is 17.6 Å². The first-order valence-corrected chi connectivity index (χ1v) is 6.06. The van der Waals surface area contributed by atoms with E-state index in [2.05, 4.69) is 32.9 Å². The van der Waals surface area contributed by atoms with E-state index in [0.29, 0.717) is 5.92 Å².